The molecule has 0 radical (unpaired) electrons. The van der Waals surface area contributed by atoms with Crippen molar-refractivity contribution >= 4 is 13.9 Å². The van der Waals surface area contributed by atoms with Crippen LogP contribution >= 0.6 is 8.58 Å². The molecule has 0 aliphatic carbocycles. The van der Waals surface area contributed by atoms with Crippen molar-refractivity contribution in [3.05, 3.63) is 130 Å². The maximum atomic E-state index is 10.5. The van der Waals surface area contributed by atoms with Crippen LogP contribution in [0.15, 0.2) is 97.1 Å². The first-order chi connectivity index (χ1) is 17.4. The largest absolute Gasteiger partial charge is 0.489 e. The molecule has 2 nitrogen and oxygen atoms in total. The van der Waals surface area contributed by atoms with Crippen LogP contribution in [-0.2, 0) is 18.2 Å². The molecule has 0 aliphatic heterocycles. The number of hydrogen-bond donors (Lipinski definition) is 1. The molecular weight excluding hydrogens is 459 g/mol. The molecule has 0 heterocycles. The van der Waals surface area contributed by atoms with Crippen molar-refractivity contribution in [2.75, 3.05) is 0 Å². The van der Waals surface area contributed by atoms with Crippen LogP contribution in [0, 0.1) is 6.92 Å². The van der Waals surface area contributed by atoms with E-state index < -0.39 is 6.10 Å². The smallest absolute Gasteiger partial charge is 0.123 e. The lowest BCUT2D eigenvalue weighted by Gasteiger charge is -2.33. The van der Waals surface area contributed by atoms with Gasteiger partial charge in [-0.15, -0.1) is 0 Å². The lowest BCUT2D eigenvalue weighted by atomic mass is 9.92. The fourth-order valence-electron chi connectivity index (χ4n) is 4.60. The lowest BCUT2D eigenvalue weighted by molar-refractivity contribution is 0.200. The van der Waals surface area contributed by atoms with Crippen LogP contribution in [0.5, 0.6) is 5.75 Å². The number of aryl methyl sites for hydroxylation is 1. The molecule has 186 valence electrons. The number of hydrogen-bond acceptors (Lipinski definition) is 2. The van der Waals surface area contributed by atoms with Gasteiger partial charge in [-0.3, -0.25) is 0 Å². The zero-order valence-corrected chi connectivity index (χ0v) is 22.8. The minimum atomic E-state index is -0.494. The molecule has 0 spiro atoms. The Bertz CT molecular complexity index is 1270. The Kier molecular flexibility index (Phi) is 8.62. The molecule has 4 aromatic carbocycles. The van der Waals surface area contributed by atoms with E-state index in [0.29, 0.717) is 15.2 Å². The molecule has 0 bridgehead atoms. The number of rotatable bonds is 10. The van der Waals surface area contributed by atoms with Gasteiger partial charge in [-0.05, 0) is 60.3 Å². The Labute approximate surface area is 218 Å². The van der Waals surface area contributed by atoms with Gasteiger partial charge in [0.2, 0.25) is 0 Å². The van der Waals surface area contributed by atoms with E-state index >= 15 is 0 Å². The first-order valence-electron chi connectivity index (χ1n) is 12.8. The maximum absolute atomic E-state index is 10.5. The summed E-state index contributed by atoms with van der Waals surface area (Å²) in [7, 11) is 0.506. The van der Waals surface area contributed by atoms with Crippen LogP contribution < -0.4 is 10.0 Å². The molecule has 0 saturated carbocycles. The molecule has 0 aliphatic rings. The molecule has 4 rings (SSSR count). The summed E-state index contributed by atoms with van der Waals surface area (Å²) in [6.45, 7) is 9.09. The first-order valence-corrected chi connectivity index (χ1v) is 13.8. The number of benzene rings is 4. The summed E-state index contributed by atoms with van der Waals surface area (Å²) in [4.78, 5) is 0. The second-order valence-electron chi connectivity index (χ2n) is 9.84. The van der Waals surface area contributed by atoms with Crippen molar-refractivity contribution in [1.82, 2.24) is 0 Å². The van der Waals surface area contributed by atoms with E-state index in [1.807, 2.05) is 13.0 Å². The zero-order valence-electron chi connectivity index (χ0n) is 21.8. The van der Waals surface area contributed by atoms with Crippen molar-refractivity contribution < 1.29 is 9.84 Å². The van der Waals surface area contributed by atoms with Gasteiger partial charge >= 0.3 is 0 Å². The normalized spacial score (nSPS) is 14.0. The van der Waals surface area contributed by atoms with E-state index in [9.17, 15) is 5.11 Å². The predicted molar refractivity (Wildman–Crippen MR) is 154 cm³/mol. The summed E-state index contributed by atoms with van der Waals surface area (Å²) in [5.41, 5.74) is 7.19. The number of ether oxygens (including phenoxy) is 1. The predicted octanol–water partition coefficient (Wildman–Crippen LogP) is 7.85. The van der Waals surface area contributed by atoms with E-state index in [1.54, 1.807) is 0 Å². The summed E-state index contributed by atoms with van der Waals surface area (Å²) in [6, 6.07) is 34.1. The fourth-order valence-corrected chi connectivity index (χ4v) is 6.29. The van der Waals surface area contributed by atoms with Crippen LogP contribution in [0.3, 0.4) is 0 Å². The number of aliphatic hydroxyl groups is 1. The molecule has 0 fully saturated rings. The Hall–Kier alpha value is -2.93. The van der Waals surface area contributed by atoms with Gasteiger partial charge < -0.3 is 9.84 Å². The van der Waals surface area contributed by atoms with E-state index in [1.165, 1.54) is 27.6 Å². The highest BCUT2D eigenvalue weighted by molar-refractivity contribution is 7.48. The van der Waals surface area contributed by atoms with E-state index in [-0.39, 0.29) is 5.16 Å². The molecule has 4 aromatic rings. The average Bonchev–Trinajstić information content (AvgIpc) is 2.90. The summed E-state index contributed by atoms with van der Waals surface area (Å²) >= 11 is 0. The summed E-state index contributed by atoms with van der Waals surface area (Å²) < 4.78 is 6.47. The van der Waals surface area contributed by atoms with Gasteiger partial charge in [0.15, 0.2) is 0 Å². The molecule has 3 unspecified atom stereocenters. The Morgan fingerprint density at radius 1 is 0.833 bits per heavy atom. The molecule has 3 heteroatoms. The topological polar surface area (TPSA) is 29.5 Å². The fraction of sp³-hybridized carbons (Fsp3) is 0.273. The molecule has 0 saturated heterocycles. The number of aliphatic hydroxyl groups excluding tert-OH is 1. The second kappa shape index (κ2) is 11.9. The first kappa shape index (κ1) is 26.1. The molecule has 1 N–H and O–H groups in total. The standard InChI is InChI=1S/C33H37O2P/c1-5-33(4,36-32-19-16-24(2)20-29(32)25(3)34)30-22-28(21-26-12-8-6-9-13-26)17-18-31(30)35-23-27-14-10-7-11-15-27/h6-20,22,25,34,36H,5,21,23H2,1-4H3. The van der Waals surface area contributed by atoms with Crippen LogP contribution in [0.4, 0.5) is 0 Å². The van der Waals surface area contributed by atoms with Crippen LogP contribution in [-0.4, -0.2) is 5.11 Å². The van der Waals surface area contributed by atoms with E-state index in [0.717, 1.165) is 29.7 Å². The molecule has 36 heavy (non-hydrogen) atoms. The van der Waals surface area contributed by atoms with Gasteiger partial charge in [0.25, 0.3) is 0 Å². The maximum Gasteiger partial charge on any atom is 0.123 e. The van der Waals surface area contributed by atoms with Crippen LogP contribution in [0.25, 0.3) is 0 Å². The highest BCUT2D eigenvalue weighted by Crippen LogP contribution is 2.48. The summed E-state index contributed by atoms with van der Waals surface area (Å²) in [5.74, 6) is 0.943. The SMILES string of the molecule is CCC(C)(Pc1ccc(C)cc1C(C)O)c1cc(Cc2ccccc2)ccc1OCc1ccccc1. The van der Waals surface area contributed by atoms with Gasteiger partial charge in [0.1, 0.15) is 12.4 Å². The van der Waals surface area contributed by atoms with Crippen LogP contribution in [0.1, 0.15) is 66.7 Å². The monoisotopic (exact) mass is 496 g/mol. The molecule has 3 atom stereocenters. The zero-order chi connectivity index (χ0) is 25.5. The van der Waals surface area contributed by atoms with Gasteiger partial charge in [-0.25, -0.2) is 0 Å². The van der Waals surface area contributed by atoms with Crippen molar-refractivity contribution in [2.45, 2.75) is 58.4 Å². The van der Waals surface area contributed by atoms with Gasteiger partial charge in [-0.1, -0.05) is 119 Å². The van der Waals surface area contributed by atoms with Gasteiger partial charge in [0, 0.05) is 10.7 Å². The van der Waals surface area contributed by atoms with Gasteiger partial charge in [-0.2, -0.15) is 0 Å². The summed E-state index contributed by atoms with van der Waals surface area (Å²) in [5, 5.41) is 11.6. The molecule has 0 amide bonds. The Balaban J connectivity index is 1.73. The third-order valence-electron chi connectivity index (χ3n) is 6.90. The molecular formula is C33H37O2P. The third kappa shape index (κ3) is 6.44. The average molecular weight is 497 g/mol. The molecule has 0 aromatic heterocycles. The second-order valence-corrected chi connectivity index (χ2v) is 11.7. The van der Waals surface area contributed by atoms with Crippen molar-refractivity contribution in [3.63, 3.8) is 0 Å². The Morgan fingerprint density at radius 3 is 2.14 bits per heavy atom. The third-order valence-corrected chi connectivity index (χ3v) is 8.80. The lowest BCUT2D eigenvalue weighted by Crippen LogP contribution is -2.22. The van der Waals surface area contributed by atoms with Crippen molar-refractivity contribution in [1.29, 1.82) is 0 Å². The van der Waals surface area contributed by atoms with E-state index in [2.05, 4.69) is 112 Å². The summed E-state index contributed by atoms with van der Waals surface area (Å²) in [6.07, 6.45) is 1.36. The van der Waals surface area contributed by atoms with Crippen molar-refractivity contribution in [3.8, 4) is 5.75 Å². The Morgan fingerprint density at radius 2 is 1.50 bits per heavy atom. The van der Waals surface area contributed by atoms with E-state index in [4.69, 9.17) is 4.74 Å². The highest BCUT2D eigenvalue weighted by atomic mass is 31.1. The van der Waals surface area contributed by atoms with Gasteiger partial charge in [0.05, 0.1) is 6.10 Å². The van der Waals surface area contributed by atoms with Crippen molar-refractivity contribution in [2.24, 2.45) is 0 Å². The minimum absolute atomic E-state index is 0.127. The van der Waals surface area contributed by atoms with Crippen LogP contribution in [0.2, 0.25) is 0 Å². The quantitative estimate of drug-likeness (QED) is 0.227. The highest BCUT2D eigenvalue weighted by Gasteiger charge is 2.30. The minimum Gasteiger partial charge on any atom is -0.489 e.